The maximum absolute atomic E-state index is 14.8. The van der Waals surface area contributed by atoms with Crippen LogP contribution in [0.5, 0.6) is 17.5 Å². The average Bonchev–Trinajstić information content (AvgIpc) is 3.36. The molecule has 0 atom stereocenters. The highest BCUT2D eigenvalue weighted by atomic mass is 32.1. The quantitative estimate of drug-likeness (QED) is 0.174. The van der Waals surface area contributed by atoms with Crippen molar-refractivity contribution in [3.63, 3.8) is 0 Å². The number of pyridine rings is 1. The molecule has 0 fully saturated rings. The predicted octanol–water partition coefficient (Wildman–Crippen LogP) is 5.92. The topological polar surface area (TPSA) is 138 Å². The number of anilines is 1. The first-order chi connectivity index (χ1) is 20.6. The number of carbonyl (C=O) groups is 1. The van der Waals surface area contributed by atoms with Crippen LogP contribution in [0.2, 0.25) is 0 Å². The van der Waals surface area contributed by atoms with Crippen LogP contribution >= 0.6 is 11.3 Å². The van der Waals surface area contributed by atoms with Crippen molar-refractivity contribution < 1.29 is 33.2 Å². The molecule has 13 heteroatoms. The van der Waals surface area contributed by atoms with Crippen LogP contribution in [0.25, 0.3) is 31.8 Å². The van der Waals surface area contributed by atoms with Crippen LogP contribution in [-0.4, -0.2) is 63.7 Å². The molecule has 0 aliphatic rings. The molecular formula is C30H30FN5O6S. The number of aromatic nitrogens is 4. The zero-order valence-corrected chi connectivity index (χ0v) is 24.8. The molecule has 3 heterocycles. The number of hydrogen-bond donors (Lipinski definition) is 2. The van der Waals surface area contributed by atoms with Crippen molar-refractivity contribution in [2.75, 3.05) is 32.2 Å². The first kappa shape index (κ1) is 29.9. The number of nitrogens with one attached hydrogen (secondary N) is 1. The van der Waals surface area contributed by atoms with Gasteiger partial charge in [-0.2, -0.15) is 0 Å². The summed E-state index contributed by atoms with van der Waals surface area (Å²) in [6, 6.07) is 9.90. The molecule has 0 aliphatic carbocycles. The second kappa shape index (κ2) is 12.7. The van der Waals surface area contributed by atoms with E-state index in [-0.39, 0.29) is 25.6 Å². The number of amides is 1. The smallest absolute Gasteiger partial charge is 0.411 e. The van der Waals surface area contributed by atoms with Crippen molar-refractivity contribution in [2.45, 2.75) is 32.8 Å². The molecule has 2 N–H and O–H groups in total. The van der Waals surface area contributed by atoms with Crippen LogP contribution in [0.15, 0.2) is 48.8 Å². The van der Waals surface area contributed by atoms with Gasteiger partial charge in [0, 0.05) is 36.4 Å². The molecule has 0 saturated heterocycles. The van der Waals surface area contributed by atoms with Gasteiger partial charge in [0.15, 0.2) is 11.6 Å². The molecule has 0 saturated carbocycles. The largest absolute Gasteiger partial charge is 0.487 e. The first-order valence-electron chi connectivity index (χ1n) is 13.4. The fourth-order valence-corrected chi connectivity index (χ4v) is 5.07. The van der Waals surface area contributed by atoms with Crippen molar-refractivity contribution in [3.8, 4) is 28.1 Å². The Labute approximate surface area is 250 Å². The van der Waals surface area contributed by atoms with Crippen LogP contribution in [0.1, 0.15) is 25.8 Å². The molecule has 0 radical (unpaired) electrons. The maximum Gasteiger partial charge on any atom is 0.411 e. The van der Waals surface area contributed by atoms with Crippen LogP contribution in [-0.2, 0) is 4.74 Å². The van der Waals surface area contributed by atoms with Crippen molar-refractivity contribution in [1.82, 2.24) is 19.9 Å². The molecule has 1 amide bonds. The van der Waals surface area contributed by atoms with Crippen molar-refractivity contribution in [3.05, 3.63) is 60.2 Å². The Morgan fingerprint density at radius 1 is 1.02 bits per heavy atom. The molecule has 2 aromatic carbocycles. The lowest BCUT2D eigenvalue weighted by atomic mass is 10.1. The van der Waals surface area contributed by atoms with Crippen molar-refractivity contribution >= 4 is 44.4 Å². The number of carbonyl (C=O) groups excluding carboxylic acids is 1. The summed E-state index contributed by atoms with van der Waals surface area (Å²) in [5, 5.41) is 13.0. The Morgan fingerprint density at radius 3 is 2.65 bits per heavy atom. The second-order valence-electron chi connectivity index (χ2n) is 10.3. The number of fused-ring (bicyclic) bond motifs is 2. The summed E-state index contributed by atoms with van der Waals surface area (Å²) in [5.74, 6) is 0.147. The number of rotatable bonds is 11. The highest BCUT2D eigenvalue weighted by Gasteiger charge is 2.16. The van der Waals surface area contributed by atoms with E-state index in [9.17, 15) is 14.3 Å². The third-order valence-electron chi connectivity index (χ3n) is 6.17. The third kappa shape index (κ3) is 7.62. The van der Waals surface area contributed by atoms with Gasteiger partial charge in [0.2, 0.25) is 11.8 Å². The number of halogens is 1. The molecule has 0 bridgehead atoms. The highest BCUT2D eigenvalue weighted by molar-refractivity contribution is 7.21. The van der Waals surface area contributed by atoms with E-state index in [2.05, 4.69) is 25.3 Å². The summed E-state index contributed by atoms with van der Waals surface area (Å²) in [7, 11) is 1.53. The summed E-state index contributed by atoms with van der Waals surface area (Å²) in [4.78, 5) is 29.9. The van der Waals surface area contributed by atoms with Crippen molar-refractivity contribution in [2.24, 2.45) is 0 Å². The van der Waals surface area contributed by atoms with E-state index in [1.165, 1.54) is 30.7 Å². The van der Waals surface area contributed by atoms with Crippen molar-refractivity contribution in [1.29, 1.82) is 0 Å². The summed E-state index contributed by atoms with van der Waals surface area (Å²) in [6.07, 6.45) is 2.73. The molecular weight excluding hydrogens is 577 g/mol. The Morgan fingerprint density at radius 2 is 1.86 bits per heavy atom. The lowest BCUT2D eigenvalue weighted by Gasteiger charge is -2.16. The Hall–Kier alpha value is -4.62. The van der Waals surface area contributed by atoms with Gasteiger partial charge in [0.1, 0.15) is 18.2 Å². The summed E-state index contributed by atoms with van der Waals surface area (Å²) in [6.45, 7) is 5.41. The average molecular weight is 608 g/mol. The van der Waals surface area contributed by atoms with Crippen LogP contribution in [0.4, 0.5) is 14.9 Å². The minimum absolute atomic E-state index is 0.0207. The molecule has 224 valence electrons. The summed E-state index contributed by atoms with van der Waals surface area (Å²) >= 11 is 1.38. The van der Waals surface area contributed by atoms with E-state index in [0.717, 1.165) is 15.8 Å². The number of thiazole rings is 1. The summed E-state index contributed by atoms with van der Waals surface area (Å²) in [5.41, 5.74) is 3.15. The standard InChI is InChI=1S/C30H30FN5O6S/c1-17-11-19(27-22(12-17)35-26(39-4)16-33-27)28-36-21-14-20(31)23(15-24(21)43-28)40-9-10-42-29(37)34-18-5-7-32-25(13-18)41-8-6-30(2,3)38/h5,7,11-16,38H,6,8-10H2,1-4H3,(H,32,34,37). The molecule has 5 aromatic rings. The highest BCUT2D eigenvalue weighted by Crippen LogP contribution is 2.37. The number of nitrogens with zero attached hydrogens (tertiary/aromatic N) is 4. The second-order valence-corrected chi connectivity index (χ2v) is 11.3. The fraction of sp³-hybridized carbons (Fsp3) is 0.300. The molecule has 0 unspecified atom stereocenters. The summed E-state index contributed by atoms with van der Waals surface area (Å²) < 4.78 is 37.0. The first-order valence-corrected chi connectivity index (χ1v) is 14.2. The minimum Gasteiger partial charge on any atom is -0.487 e. The van der Waals surface area contributed by atoms with Gasteiger partial charge in [-0.3, -0.25) is 5.32 Å². The fourth-order valence-electron chi connectivity index (χ4n) is 4.08. The van der Waals surface area contributed by atoms with Crippen LogP contribution < -0.4 is 19.5 Å². The maximum atomic E-state index is 14.8. The van der Waals surface area contributed by atoms with Gasteiger partial charge in [0.25, 0.3) is 0 Å². The molecule has 43 heavy (non-hydrogen) atoms. The van der Waals surface area contributed by atoms with Crippen LogP contribution in [0, 0.1) is 12.7 Å². The minimum atomic E-state index is -0.859. The van der Waals surface area contributed by atoms with E-state index < -0.39 is 17.5 Å². The van der Waals surface area contributed by atoms with Gasteiger partial charge in [0.05, 0.1) is 52.5 Å². The Balaban J connectivity index is 1.19. The molecule has 0 aliphatic heterocycles. The number of hydrogen-bond acceptors (Lipinski definition) is 11. The number of ether oxygens (including phenoxy) is 4. The van der Waals surface area contributed by atoms with Gasteiger partial charge < -0.3 is 24.1 Å². The zero-order chi connectivity index (χ0) is 30.6. The van der Waals surface area contributed by atoms with E-state index in [1.54, 1.807) is 38.2 Å². The Bertz CT molecular complexity index is 1770. The van der Waals surface area contributed by atoms with E-state index in [4.69, 9.17) is 18.9 Å². The van der Waals surface area contributed by atoms with Gasteiger partial charge >= 0.3 is 6.09 Å². The molecule has 3 aromatic heterocycles. The predicted molar refractivity (Wildman–Crippen MR) is 161 cm³/mol. The zero-order valence-electron chi connectivity index (χ0n) is 24.0. The normalized spacial score (nSPS) is 11.5. The number of methoxy groups -OCH3 is 1. The lowest BCUT2D eigenvalue weighted by Crippen LogP contribution is -2.22. The lowest BCUT2D eigenvalue weighted by molar-refractivity contribution is 0.0547. The van der Waals surface area contributed by atoms with Gasteiger partial charge in [-0.1, -0.05) is 0 Å². The number of aryl methyl sites for hydroxylation is 1. The SMILES string of the molecule is COc1cnc2c(-c3nc4cc(F)c(OCCOC(=O)Nc5ccnc(OCCC(C)(C)O)c5)cc4s3)cc(C)cc2n1. The van der Waals surface area contributed by atoms with E-state index in [0.29, 0.717) is 45.4 Å². The molecule has 0 spiro atoms. The van der Waals surface area contributed by atoms with E-state index >= 15 is 0 Å². The monoisotopic (exact) mass is 607 g/mol. The van der Waals surface area contributed by atoms with Crippen LogP contribution in [0.3, 0.4) is 0 Å². The van der Waals surface area contributed by atoms with Gasteiger partial charge in [-0.05, 0) is 44.5 Å². The molecule has 11 nitrogen and oxygen atoms in total. The molecule has 5 rings (SSSR count). The number of benzene rings is 2. The van der Waals surface area contributed by atoms with Gasteiger partial charge in [-0.15, -0.1) is 11.3 Å². The van der Waals surface area contributed by atoms with Gasteiger partial charge in [-0.25, -0.2) is 29.1 Å². The van der Waals surface area contributed by atoms with E-state index in [1.807, 2.05) is 19.1 Å². The third-order valence-corrected chi connectivity index (χ3v) is 7.22. The Kier molecular flexibility index (Phi) is 8.83. The number of aliphatic hydroxyl groups is 1.